The van der Waals surface area contributed by atoms with Gasteiger partial charge in [0.2, 0.25) is 5.91 Å². The first-order valence-corrected chi connectivity index (χ1v) is 8.55. The molecule has 25 heavy (non-hydrogen) atoms. The highest BCUT2D eigenvalue weighted by Gasteiger charge is 2.44. The number of aryl methyl sites for hydroxylation is 1. The Hall–Kier alpha value is -2.06. The minimum absolute atomic E-state index is 0.0529. The van der Waals surface area contributed by atoms with Crippen molar-refractivity contribution in [2.24, 2.45) is 0 Å². The van der Waals surface area contributed by atoms with E-state index in [-0.39, 0.29) is 30.1 Å². The second kappa shape index (κ2) is 7.45. The van der Waals surface area contributed by atoms with E-state index in [1.54, 1.807) is 18.1 Å². The van der Waals surface area contributed by atoms with Gasteiger partial charge in [-0.05, 0) is 19.8 Å². The predicted molar refractivity (Wildman–Crippen MR) is 89.0 cm³/mol. The quantitative estimate of drug-likeness (QED) is 0.842. The molecule has 2 saturated heterocycles. The molecule has 0 aromatic carbocycles. The monoisotopic (exact) mass is 348 g/mol. The number of hydrogen-bond donors (Lipinski definition) is 1. The molecule has 0 unspecified atom stereocenters. The molecule has 2 fully saturated rings. The Morgan fingerprint density at radius 3 is 2.76 bits per heavy atom. The average molecular weight is 348 g/mol. The van der Waals surface area contributed by atoms with Crippen LogP contribution in [0.5, 0.6) is 0 Å². The van der Waals surface area contributed by atoms with Gasteiger partial charge in [0, 0.05) is 32.8 Å². The van der Waals surface area contributed by atoms with Crippen molar-refractivity contribution in [3.63, 3.8) is 0 Å². The minimum Gasteiger partial charge on any atom is -0.372 e. The number of amides is 2. The summed E-state index contributed by atoms with van der Waals surface area (Å²) in [6, 6.07) is 0. The summed E-state index contributed by atoms with van der Waals surface area (Å²) in [6.07, 6.45) is 5.35. The van der Waals surface area contributed by atoms with E-state index < -0.39 is 0 Å². The van der Waals surface area contributed by atoms with Crippen LogP contribution in [0, 0.1) is 6.92 Å². The van der Waals surface area contributed by atoms with E-state index in [4.69, 9.17) is 9.47 Å². The van der Waals surface area contributed by atoms with Gasteiger partial charge in [0.1, 0.15) is 12.3 Å². The molecule has 0 saturated carbocycles. The predicted octanol–water partition coefficient (Wildman–Crippen LogP) is 0.311. The number of carbonyl (C=O) groups excluding carboxylic acids is 2. The van der Waals surface area contributed by atoms with Gasteiger partial charge in [0.05, 0.1) is 30.2 Å². The van der Waals surface area contributed by atoms with E-state index in [1.165, 1.54) is 6.20 Å². The van der Waals surface area contributed by atoms with E-state index in [0.29, 0.717) is 25.4 Å². The number of rotatable bonds is 4. The first-order chi connectivity index (χ1) is 12.0. The highest BCUT2D eigenvalue weighted by Crippen LogP contribution is 2.37. The summed E-state index contributed by atoms with van der Waals surface area (Å²) in [4.78, 5) is 33.9. The maximum absolute atomic E-state index is 12.5. The topological polar surface area (TPSA) is 93.7 Å². The van der Waals surface area contributed by atoms with Gasteiger partial charge in [-0.1, -0.05) is 0 Å². The molecule has 8 heteroatoms. The van der Waals surface area contributed by atoms with Gasteiger partial charge in [0.15, 0.2) is 0 Å². The minimum atomic E-state index is -0.247. The molecule has 1 N–H and O–H groups in total. The fourth-order valence-corrected chi connectivity index (χ4v) is 3.31. The van der Waals surface area contributed by atoms with Gasteiger partial charge in [0.25, 0.3) is 5.91 Å². The molecule has 2 aliphatic heterocycles. The number of likely N-dealkylation sites (tertiary alicyclic amines) is 1. The molecule has 0 bridgehead atoms. The highest BCUT2D eigenvalue weighted by molar-refractivity contribution is 5.92. The van der Waals surface area contributed by atoms with Gasteiger partial charge in [-0.2, -0.15) is 0 Å². The van der Waals surface area contributed by atoms with Gasteiger partial charge in [-0.15, -0.1) is 0 Å². The highest BCUT2D eigenvalue weighted by atomic mass is 16.6. The molecule has 8 nitrogen and oxygen atoms in total. The number of nitrogens with zero attached hydrogens (tertiary/aromatic N) is 3. The number of hydrogen-bond acceptors (Lipinski definition) is 6. The van der Waals surface area contributed by atoms with E-state index >= 15 is 0 Å². The zero-order valence-corrected chi connectivity index (χ0v) is 14.7. The van der Waals surface area contributed by atoms with Crippen molar-refractivity contribution in [2.75, 3.05) is 33.4 Å². The summed E-state index contributed by atoms with van der Waals surface area (Å²) in [5, 5.41) is 2.54. The molecule has 3 heterocycles. The number of ether oxygens (including phenoxy) is 2. The van der Waals surface area contributed by atoms with Gasteiger partial charge < -0.3 is 19.7 Å². The molecule has 2 aliphatic rings. The normalized spacial score (nSPS) is 22.2. The molecule has 3 rings (SSSR count). The van der Waals surface area contributed by atoms with E-state index in [9.17, 15) is 9.59 Å². The Labute approximate surface area is 146 Å². The van der Waals surface area contributed by atoms with Crippen LogP contribution < -0.4 is 5.32 Å². The Bertz CT molecular complexity index is 626. The standard InChI is InChI=1S/C17H24N4O4/c1-12-8-20-14(9-19-12)16(23)21-5-3-17(4-6-21)7-13(10-25-17)24-11-15(22)18-2/h8-9,13H,3-7,10-11H2,1-2H3,(H,18,22)/t13-/m1/s1. The van der Waals surface area contributed by atoms with Gasteiger partial charge in [-0.3, -0.25) is 14.6 Å². The first-order valence-electron chi connectivity index (χ1n) is 8.55. The molecular formula is C17H24N4O4. The molecule has 1 spiro atoms. The maximum Gasteiger partial charge on any atom is 0.274 e. The number of likely N-dealkylation sites (N-methyl/N-ethyl adjacent to an activating group) is 1. The third kappa shape index (κ3) is 4.13. The van der Waals surface area contributed by atoms with Crippen molar-refractivity contribution in [2.45, 2.75) is 37.9 Å². The molecule has 0 aliphatic carbocycles. The van der Waals surface area contributed by atoms with E-state index in [2.05, 4.69) is 15.3 Å². The molecule has 2 amide bonds. The molecule has 1 aromatic heterocycles. The van der Waals surface area contributed by atoms with Crippen LogP contribution in [0.3, 0.4) is 0 Å². The number of aromatic nitrogens is 2. The Kier molecular flexibility index (Phi) is 5.29. The van der Waals surface area contributed by atoms with Crippen LogP contribution in [0.15, 0.2) is 12.4 Å². The Morgan fingerprint density at radius 1 is 1.36 bits per heavy atom. The van der Waals surface area contributed by atoms with Crippen molar-refractivity contribution in [3.05, 3.63) is 23.8 Å². The molecule has 1 aromatic rings. The average Bonchev–Trinajstić information content (AvgIpc) is 3.03. The SMILES string of the molecule is CNC(=O)CO[C@H]1COC2(CCN(C(=O)c3cnc(C)cn3)CC2)C1. The fourth-order valence-electron chi connectivity index (χ4n) is 3.31. The first kappa shape index (κ1) is 17.8. The third-order valence-electron chi connectivity index (χ3n) is 4.87. The zero-order chi connectivity index (χ0) is 17.9. The lowest BCUT2D eigenvalue weighted by Gasteiger charge is -2.38. The summed E-state index contributed by atoms with van der Waals surface area (Å²) >= 11 is 0. The van der Waals surface area contributed by atoms with Gasteiger partial charge in [-0.25, -0.2) is 4.98 Å². The van der Waals surface area contributed by atoms with Crippen LogP contribution in [0.25, 0.3) is 0 Å². The lowest BCUT2D eigenvalue weighted by molar-refractivity contribution is -0.127. The number of carbonyl (C=O) groups is 2. The van der Waals surface area contributed by atoms with Crippen molar-refractivity contribution < 1.29 is 19.1 Å². The van der Waals surface area contributed by atoms with Crippen molar-refractivity contribution in [3.8, 4) is 0 Å². The third-order valence-corrected chi connectivity index (χ3v) is 4.87. The van der Waals surface area contributed by atoms with Crippen LogP contribution in [0.1, 0.15) is 35.4 Å². The second-order valence-electron chi connectivity index (χ2n) is 6.64. The Balaban J connectivity index is 1.51. The molecular weight excluding hydrogens is 324 g/mol. The van der Waals surface area contributed by atoms with Crippen LogP contribution in [-0.2, 0) is 14.3 Å². The number of piperidine rings is 1. The van der Waals surface area contributed by atoms with E-state index in [1.807, 2.05) is 6.92 Å². The van der Waals surface area contributed by atoms with Crippen LogP contribution in [0.4, 0.5) is 0 Å². The summed E-state index contributed by atoms with van der Waals surface area (Å²) < 4.78 is 11.6. The smallest absolute Gasteiger partial charge is 0.274 e. The van der Waals surface area contributed by atoms with Gasteiger partial charge >= 0.3 is 0 Å². The fraction of sp³-hybridized carbons (Fsp3) is 0.647. The summed E-state index contributed by atoms with van der Waals surface area (Å²) in [6.45, 7) is 3.63. The summed E-state index contributed by atoms with van der Waals surface area (Å²) in [5.41, 5.74) is 0.917. The molecule has 136 valence electrons. The lowest BCUT2D eigenvalue weighted by atomic mass is 9.88. The largest absolute Gasteiger partial charge is 0.372 e. The van der Waals surface area contributed by atoms with Crippen LogP contribution in [-0.4, -0.2) is 71.7 Å². The maximum atomic E-state index is 12.5. The summed E-state index contributed by atoms with van der Waals surface area (Å²) in [5.74, 6) is -0.228. The lowest BCUT2D eigenvalue weighted by Crippen LogP contribution is -2.46. The second-order valence-corrected chi connectivity index (χ2v) is 6.64. The number of nitrogens with one attached hydrogen (secondary N) is 1. The van der Waals surface area contributed by atoms with Crippen molar-refractivity contribution in [1.29, 1.82) is 0 Å². The molecule has 1 atom stereocenters. The van der Waals surface area contributed by atoms with Crippen molar-refractivity contribution >= 4 is 11.8 Å². The zero-order valence-electron chi connectivity index (χ0n) is 14.7. The molecule has 0 radical (unpaired) electrons. The van der Waals surface area contributed by atoms with Crippen LogP contribution >= 0.6 is 0 Å². The van der Waals surface area contributed by atoms with Crippen LogP contribution in [0.2, 0.25) is 0 Å². The summed E-state index contributed by atoms with van der Waals surface area (Å²) in [7, 11) is 1.59. The van der Waals surface area contributed by atoms with E-state index in [0.717, 1.165) is 25.0 Å². The Morgan fingerprint density at radius 2 is 2.12 bits per heavy atom. The van der Waals surface area contributed by atoms with Crippen molar-refractivity contribution in [1.82, 2.24) is 20.2 Å².